The number of hydrogen-bond donors (Lipinski definition) is 0. The van der Waals surface area contributed by atoms with E-state index in [1.807, 2.05) is 30.2 Å². The summed E-state index contributed by atoms with van der Waals surface area (Å²) < 4.78 is 5.09. The van der Waals surface area contributed by atoms with Crippen molar-refractivity contribution >= 4 is 23.2 Å². The highest BCUT2D eigenvalue weighted by Crippen LogP contribution is 2.28. The number of carbonyl (C=O) groups is 2. The zero-order valence-corrected chi connectivity index (χ0v) is 16.0. The molecule has 0 spiro atoms. The first-order valence-corrected chi connectivity index (χ1v) is 10.2. The SMILES string of the molecule is CCOC(=O)N1CCC(N2CCCC(C(=O)c3sccc3C)C2)CC1. The molecule has 2 aliphatic heterocycles. The molecule has 5 nitrogen and oxygen atoms in total. The van der Waals surface area contributed by atoms with E-state index in [0.717, 1.165) is 62.3 Å². The predicted molar refractivity (Wildman–Crippen MR) is 99.3 cm³/mol. The summed E-state index contributed by atoms with van der Waals surface area (Å²) in [5.74, 6) is 0.440. The first-order chi connectivity index (χ1) is 12.1. The molecule has 0 aromatic carbocycles. The maximum Gasteiger partial charge on any atom is 0.409 e. The van der Waals surface area contributed by atoms with Crippen LogP contribution in [0.25, 0.3) is 0 Å². The van der Waals surface area contributed by atoms with Crippen molar-refractivity contribution in [2.45, 2.75) is 45.6 Å². The van der Waals surface area contributed by atoms with Crippen LogP contribution < -0.4 is 0 Å². The number of ketones is 1. The van der Waals surface area contributed by atoms with Crippen molar-refractivity contribution in [3.05, 3.63) is 21.9 Å². The molecule has 138 valence electrons. The fourth-order valence-corrected chi connectivity index (χ4v) is 4.94. The molecule has 1 atom stereocenters. The van der Waals surface area contributed by atoms with E-state index >= 15 is 0 Å². The van der Waals surface area contributed by atoms with Gasteiger partial charge in [0.05, 0.1) is 11.5 Å². The Morgan fingerprint density at radius 1 is 1.24 bits per heavy atom. The number of nitrogens with zero attached hydrogens (tertiary/aromatic N) is 2. The minimum atomic E-state index is -0.194. The van der Waals surface area contributed by atoms with E-state index in [4.69, 9.17) is 4.74 Å². The number of aryl methyl sites for hydroxylation is 1. The molecule has 1 amide bonds. The lowest BCUT2D eigenvalue weighted by Crippen LogP contribution is -2.50. The summed E-state index contributed by atoms with van der Waals surface area (Å²) in [5, 5.41) is 2.01. The number of carbonyl (C=O) groups excluding carboxylic acids is 2. The highest BCUT2D eigenvalue weighted by molar-refractivity contribution is 7.12. The summed E-state index contributed by atoms with van der Waals surface area (Å²) in [7, 11) is 0. The Morgan fingerprint density at radius 3 is 2.64 bits per heavy atom. The van der Waals surface area contributed by atoms with E-state index in [1.165, 1.54) is 0 Å². The molecule has 0 saturated carbocycles. The molecule has 0 radical (unpaired) electrons. The first kappa shape index (κ1) is 18.4. The molecule has 25 heavy (non-hydrogen) atoms. The number of piperidine rings is 2. The van der Waals surface area contributed by atoms with Crippen molar-refractivity contribution in [1.29, 1.82) is 0 Å². The van der Waals surface area contributed by atoms with Gasteiger partial charge in [-0.2, -0.15) is 0 Å². The van der Waals surface area contributed by atoms with Gasteiger partial charge in [0.25, 0.3) is 0 Å². The number of amides is 1. The van der Waals surface area contributed by atoms with E-state index in [-0.39, 0.29) is 12.0 Å². The van der Waals surface area contributed by atoms with Crippen LogP contribution in [0.4, 0.5) is 4.79 Å². The van der Waals surface area contributed by atoms with Gasteiger partial charge < -0.3 is 9.64 Å². The molecule has 2 aliphatic rings. The lowest BCUT2D eigenvalue weighted by molar-refractivity contribution is 0.0533. The van der Waals surface area contributed by atoms with Crippen LogP contribution in [0.2, 0.25) is 0 Å². The third-order valence-electron chi connectivity index (χ3n) is 5.42. The van der Waals surface area contributed by atoms with Gasteiger partial charge in [0.2, 0.25) is 0 Å². The third-order valence-corrected chi connectivity index (χ3v) is 6.45. The molecule has 3 rings (SSSR count). The quantitative estimate of drug-likeness (QED) is 0.767. The molecule has 1 aromatic rings. The maximum atomic E-state index is 12.8. The van der Waals surface area contributed by atoms with Gasteiger partial charge in [-0.15, -0.1) is 11.3 Å². The average Bonchev–Trinajstić information content (AvgIpc) is 3.07. The van der Waals surface area contributed by atoms with Crippen molar-refractivity contribution in [2.75, 3.05) is 32.8 Å². The van der Waals surface area contributed by atoms with Gasteiger partial charge in [0.15, 0.2) is 5.78 Å². The van der Waals surface area contributed by atoms with Gasteiger partial charge in [-0.1, -0.05) is 0 Å². The van der Waals surface area contributed by atoms with Crippen LogP contribution in [0.1, 0.15) is 47.8 Å². The fraction of sp³-hybridized carbons (Fsp3) is 0.684. The number of likely N-dealkylation sites (tertiary alicyclic amines) is 2. The molecular formula is C19H28N2O3S. The van der Waals surface area contributed by atoms with Crippen LogP contribution in [-0.4, -0.2) is 60.5 Å². The highest BCUT2D eigenvalue weighted by atomic mass is 32.1. The van der Waals surface area contributed by atoms with Crippen LogP contribution in [0, 0.1) is 12.8 Å². The third kappa shape index (κ3) is 4.23. The first-order valence-electron chi connectivity index (χ1n) is 9.34. The Morgan fingerprint density at radius 2 is 2.00 bits per heavy atom. The van der Waals surface area contributed by atoms with Crippen molar-refractivity contribution in [3.63, 3.8) is 0 Å². The molecule has 0 bridgehead atoms. The standard InChI is InChI=1S/C19H28N2O3S/c1-3-24-19(23)20-10-6-16(7-11-20)21-9-4-5-15(13-21)17(22)18-14(2)8-12-25-18/h8,12,15-16H,3-7,9-11,13H2,1-2H3. The number of hydrogen-bond acceptors (Lipinski definition) is 5. The summed E-state index contributed by atoms with van der Waals surface area (Å²) in [6.45, 7) is 7.72. The van der Waals surface area contributed by atoms with E-state index in [0.29, 0.717) is 18.4 Å². The number of thiophene rings is 1. The molecule has 2 saturated heterocycles. The Hall–Kier alpha value is -1.40. The summed E-state index contributed by atoms with van der Waals surface area (Å²) in [6.07, 6.45) is 3.82. The summed E-state index contributed by atoms with van der Waals surface area (Å²) in [6, 6.07) is 2.51. The van der Waals surface area contributed by atoms with Crippen LogP contribution in [0.15, 0.2) is 11.4 Å². The van der Waals surface area contributed by atoms with Crippen LogP contribution in [-0.2, 0) is 4.74 Å². The van der Waals surface area contributed by atoms with Crippen LogP contribution in [0.3, 0.4) is 0 Å². The Bertz CT molecular complexity index is 608. The molecule has 3 heterocycles. The lowest BCUT2D eigenvalue weighted by Gasteiger charge is -2.41. The summed E-state index contributed by atoms with van der Waals surface area (Å²) >= 11 is 1.57. The molecular weight excluding hydrogens is 336 g/mol. The van der Waals surface area contributed by atoms with Crippen molar-refractivity contribution in [2.24, 2.45) is 5.92 Å². The molecule has 6 heteroatoms. The Kier molecular flexibility index (Phi) is 6.12. The smallest absolute Gasteiger partial charge is 0.409 e. The van der Waals surface area contributed by atoms with Gasteiger partial charge in [0.1, 0.15) is 0 Å². The van der Waals surface area contributed by atoms with Crippen molar-refractivity contribution < 1.29 is 14.3 Å². The normalized spacial score (nSPS) is 22.8. The summed E-state index contributed by atoms with van der Waals surface area (Å²) in [5.41, 5.74) is 1.11. The zero-order valence-electron chi connectivity index (χ0n) is 15.2. The van der Waals surface area contributed by atoms with Crippen molar-refractivity contribution in [3.8, 4) is 0 Å². The van der Waals surface area contributed by atoms with Gasteiger partial charge in [-0.3, -0.25) is 9.69 Å². The molecule has 1 unspecified atom stereocenters. The fourth-order valence-electron chi connectivity index (χ4n) is 3.99. The van der Waals surface area contributed by atoms with E-state index in [1.54, 1.807) is 11.3 Å². The average molecular weight is 365 g/mol. The topological polar surface area (TPSA) is 49.9 Å². The van der Waals surface area contributed by atoms with Gasteiger partial charge in [-0.25, -0.2) is 4.79 Å². The highest BCUT2D eigenvalue weighted by Gasteiger charge is 2.33. The molecule has 2 fully saturated rings. The molecule has 0 aliphatic carbocycles. The molecule has 1 aromatic heterocycles. The van der Waals surface area contributed by atoms with Gasteiger partial charge in [0, 0.05) is 31.6 Å². The second kappa shape index (κ2) is 8.32. The van der Waals surface area contributed by atoms with Gasteiger partial charge in [-0.05, 0) is 63.1 Å². The Labute approximate surface area is 153 Å². The predicted octanol–water partition coefficient (Wildman–Crippen LogP) is 3.57. The largest absolute Gasteiger partial charge is 0.450 e. The van der Waals surface area contributed by atoms with Crippen LogP contribution in [0.5, 0.6) is 0 Å². The van der Waals surface area contributed by atoms with Crippen LogP contribution >= 0.6 is 11.3 Å². The van der Waals surface area contributed by atoms with Crippen molar-refractivity contribution in [1.82, 2.24) is 9.80 Å². The Balaban J connectivity index is 1.55. The number of Topliss-reactive ketones (excluding diaryl/α,β-unsaturated/α-hetero) is 1. The zero-order chi connectivity index (χ0) is 17.8. The van der Waals surface area contributed by atoms with Gasteiger partial charge >= 0.3 is 6.09 Å². The second-order valence-corrected chi connectivity index (χ2v) is 7.96. The van der Waals surface area contributed by atoms with E-state index < -0.39 is 0 Å². The summed E-state index contributed by atoms with van der Waals surface area (Å²) in [4.78, 5) is 29.9. The van der Waals surface area contributed by atoms with E-state index in [2.05, 4.69) is 4.90 Å². The monoisotopic (exact) mass is 364 g/mol. The number of rotatable bonds is 4. The second-order valence-electron chi connectivity index (χ2n) is 7.05. The minimum Gasteiger partial charge on any atom is -0.450 e. The van der Waals surface area contributed by atoms with E-state index in [9.17, 15) is 9.59 Å². The minimum absolute atomic E-state index is 0.120. The lowest BCUT2D eigenvalue weighted by atomic mass is 9.90. The number of ether oxygens (including phenoxy) is 1. The molecule has 0 N–H and O–H groups in total. The maximum absolute atomic E-state index is 12.8.